The Morgan fingerprint density at radius 1 is 0.867 bits per heavy atom. The van der Waals surface area contributed by atoms with Gasteiger partial charge >= 0.3 is 5.97 Å². The Labute approximate surface area is 173 Å². The molecular weight excluding hydrogens is 402 g/mol. The number of hydrogen-bond acceptors (Lipinski definition) is 8. The summed E-state index contributed by atoms with van der Waals surface area (Å²) in [4.78, 5) is 59.3. The molecule has 0 aliphatic carbocycles. The number of carbonyl (C=O) groups excluding carboxylic acids is 4. The molecule has 0 saturated carbocycles. The summed E-state index contributed by atoms with van der Waals surface area (Å²) in [5.74, 6) is -4.27. The summed E-state index contributed by atoms with van der Waals surface area (Å²) >= 11 is 0. The smallest absolute Gasteiger partial charge is 0.328 e. The highest BCUT2D eigenvalue weighted by atomic mass is 16.4. The predicted molar refractivity (Wildman–Crippen MR) is 102 cm³/mol. The maximum absolute atomic E-state index is 12.2. The van der Waals surface area contributed by atoms with Crippen LogP contribution in [0.4, 0.5) is 0 Å². The molecule has 1 saturated heterocycles. The number of aliphatic hydroxyl groups excluding tert-OH is 2. The third kappa shape index (κ3) is 7.57. The molecule has 170 valence electrons. The molecule has 1 heterocycles. The summed E-state index contributed by atoms with van der Waals surface area (Å²) in [6.45, 7) is 1.79. The zero-order valence-electron chi connectivity index (χ0n) is 16.8. The number of aliphatic hydroxyl groups is 2. The van der Waals surface area contributed by atoms with Crippen molar-refractivity contribution < 1.29 is 39.3 Å². The van der Waals surface area contributed by atoms with Gasteiger partial charge in [0.2, 0.25) is 23.6 Å². The number of carboxylic acids is 1. The number of amides is 4. The summed E-state index contributed by atoms with van der Waals surface area (Å²) in [5.41, 5.74) is 0. The van der Waals surface area contributed by atoms with Gasteiger partial charge in [0, 0.05) is 0 Å². The van der Waals surface area contributed by atoms with Gasteiger partial charge in [-0.3, -0.25) is 19.2 Å². The van der Waals surface area contributed by atoms with Crippen molar-refractivity contribution in [3.63, 3.8) is 0 Å². The van der Waals surface area contributed by atoms with Crippen LogP contribution in [0.2, 0.25) is 0 Å². The van der Waals surface area contributed by atoms with Crippen LogP contribution in [-0.2, 0) is 24.0 Å². The van der Waals surface area contributed by atoms with Crippen LogP contribution in [0.1, 0.15) is 26.7 Å². The lowest BCUT2D eigenvalue weighted by Gasteiger charge is -2.23. The first kappa shape index (κ1) is 25.3. The fourth-order valence-electron chi connectivity index (χ4n) is 2.64. The van der Waals surface area contributed by atoms with Crippen LogP contribution in [-0.4, -0.2) is 94.9 Å². The van der Waals surface area contributed by atoms with Crippen molar-refractivity contribution >= 4 is 29.6 Å². The molecule has 0 radical (unpaired) electrons. The molecule has 1 aliphatic rings. The number of rotatable bonds is 11. The molecule has 0 aromatic carbocycles. The Kier molecular flexibility index (Phi) is 10.1. The van der Waals surface area contributed by atoms with Crippen molar-refractivity contribution in [1.29, 1.82) is 0 Å². The van der Waals surface area contributed by atoms with E-state index in [-0.39, 0.29) is 11.9 Å². The summed E-state index contributed by atoms with van der Waals surface area (Å²) in [6, 6.07) is -5.50. The first-order chi connectivity index (χ1) is 14.1. The highest BCUT2D eigenvalue weighted by Gasteiger charge is 2.29. The molecule has 1 aliphatic heterocycles. The van der Waals surface area contributed by atoms with Crippen molar-refractivity contribution in [2.45, 2.75) is 56.9 Å². The van der Waals surface area contributed by atoms with Gasteiger partial charge in [-0.15, -0.1) is 0 Å². The lowest BCUT2D eigenvalue weighted by atomic mass is 10.2. The Morgan fingerprint density at radius 3 is 1.87 bits per heavy atom. The number of hydrogen-bond donors (Lipinski definition) is 8. The van der Waals surface area contributed by atoms with Crippen molar-refractivity contribution in [3.05, 3.63) is 0 Å². The second-order valence-corrected chi connectivity index (χ2v) is 6.94. The van der Waals surface area contributed by atoms with E-state index in [9.17, 15) is 29.1 Å². The Morgan fingerprint density at radius 2 is 1.40 bits per heavy atom. The van der Waals surface area contributed by atoms with Crippen molar-refractivity contribution in [1.82, 2.24) is 26.6 Å². The maximum atomic E-state index is 12.2. The molecule has 0 bridgehead atoms. The molecule has 0 unspecified atom stereocenters. The van der Waals surface area contributed by atoms with E-state index in [1.165, 1.54) is 13.8 Å². The Bertz CT molecular complexity index is 652. The van der Waals surface area contributed by atoms with Gasteiger partial charge in [-0.2, -0.15) is 0 Å². The Balaban J connectivity index is 2.56. The lowest BCUT2D eigenvalue weighted by Crippen LogP contribution is -2.58. The van der Waals surface area contributed by atoms with Crippen LogP contribution in [0.25, 0.3) is 0 Å². The molecule has 0 aromatic rings. The topological polar surface area (TPSA) is 206 Å². The summed E-state index contributed by atoms with van der Waals surface area (Å²) in [5, 5.41) is 39.2. The fraction of sp³-hybridized carbons (Fsp3) is 0.706. The van der Waals surface area contributed by atoms with E-state index < -0.39 is 61.1 Å². The van der Waals surface area contributed by atoms with E-state index in [1.54, 1.807) is 0 Å². The SMILES string of the molecule is C[C@H](NC(=O)[C@@H]1CCCN1)C(=O)N[C@@H](CO)C(=O)N[C@@H](C)C(=O)N[C@@H](CO)C(=O)O. The molecular formula is C17H29N5O8. The van der Waals surface area contributed by atoms with Crippen molar-refractivity contribution in [2.24, 2.45) is 0 Å². The normalized spacial score (nSPS) is 19.7. The third-order valence-electron chi connectivity index (χ3n) is 4.49. The van der Waals surface area contributed by atoms with Gasteiger partial charge < -0.3 is 41.9 Å². The van der Waals surface area contributed by atoms with Gasteiger partial charge in [0.25, 0.3) is 0 Å². The third-order valence-corrected chi connectivity index (χ3v) is 4.49. The summed E-state index contributed by atoms with van der Waals surface area (Å²) in [6.07, 6.45) is 1.50. The van der Waals surface area contributed by atoms with Gasteiger partial charge in [0.15, 0.2) is 0 Å². The molecule has 13 heteroatoms. The fourth-order valence-corrected chi connectivity index (χ4v) is 2.64. The largest absolute Gasteiger partial charge is 0.480 e. The van der Waals surface area contributed by atoms with E-state index in [4.69, 9.17) is 10.2 Å². The quantitative estimate of drug-likeness (QED) is 0.159. The Hall–Kier alpha value is -2.77. The van der Waals surface area contributed by atoms with Crippen molar-refractivity contribution in [2.75, 3.05) is 19.8 Å². The van der Waals surface area contributed by atoms with Gasteiger partial charge in [0.05, 0.1) is 19.3 Å². The molecule has 13 nitrogen and oxygen atoms in total. The number of carboxylic acid groups (broad SMARTS) is 1. The second-order valence-electron chi connectivity index (χ2n) is 6.94. The molecule has 0 spiro atoms. The first-order valence-electron chi connectivity index (χ1n) is 9.50. The van der Waals surface area contributed by atoms with Crippen molar-refractivity contribution in [3.8, 4) is 0 Å². The highest BCUT2D eigenvalue weighted by molar-refractivity contribution is 5.95. The van der Waals surface area contributed by atoms with Gasteiger partial charge in [-0.05, 0) is 33.2 Å². The minimum Gasteiger partial charge on any atom is -0.480 e. The molecule has 30 heavy (non-hydrogen) atoms. The minimum absolute atomic E-state index is 0.345. The average molecular weight is 431 g/mol. The van der Waals surface area contributed by atoms with Crippen LogP contribution in [0.3, 0.4) is 0 Å². The minimum atomic E-state index is -1.54. The van der Waals surface area contributed by atoms with E-state index in [1.807, 2.05) is 5.32 Å². The molecule has 0 aromatic heterocycles. The first-order valence-corrected chi connectivity index (χ1v) is 9.50. The maximum Gasteiger partial charge on any atom is 0.328 e. The highest BCUT2D eigenvalue weighted by Crippen LogP contribution is 2.05. The zero-order chi connectivity index (χ0) is 22.8. The molecule has 4 amide bonds. The number of nitrogens with one attached hydrogen (secondary N) is 5. The summed E-state index contributed by atoms with van der Waals surface area (Å²) in [7, 11) is 0. The van der Waals surface area contributed by atoms with E-state index in [2.05, 4.69) is 21.3 Å². The van der Waals surface area contributed by atoms with Crippen LogP contribution < -0.4 is 26.6 Å². The predicted octanol–water partition coefficient (Wildman–Crippen LogP) is -4.21. The van der Waals surface area contributed by atoms with E-state index in [0.29, 0.717) is 13.0 Å². The zero-order valence-corrected chi connectivity index (χ0v) is 16.8. The standard InChI is InChI=1S/C17H29N5O8/c1-8(19-15(27)10-4-3-5-18-10)13(25)21-11(6-23)16(28)20-9(2)14(26)22-12(7-24)17(29)30/h8-12,18,23-24H,3-7H2,1-2H3,(H,19,27)(H,20,28)(H,21,25)(H,22,26)(H,29,30)/t8-,9-,10-,11-,12-/m0/s1. The molecule has 8 N–H and O–H groups in total. The molecule has 1 rings (SSSR count). The van der Waals surface area contributed by atoms with Gasteiger partial charge in [-0.25, -0.2) is 4.79 Å². The van der Waals surface area contributed by atoms with E-state index >= 15 is 0 Å². The number of aliphatic carboxylic acids is 1. The lowest BCUT2D eigenvalue weighted by molar-refractivity contribution is -0.143. The molecule has 1 fully saturated rings. The van der Waals surface area contributed by atoms with Crippen LogP contribution in [0, 0.1) is 0 Å². The van der Waals surface area contributed by atoms with Gasteiger partial charge in [0.1, 0.15) is 24.2 Å². The monoisotopic (exact) mass is 431 g/mol. The van der Waals surface area contributed by atoms with Crippen LogP contribution in [0.15, 0.2) is 0 Å². The van der Waals surface area contributed by atoms with Crippen LogP contribution in [0.5, 0.6) is 0 Å². The average Bonchev–Trinajstić information content (AvgIpc) is 3.24. The molecule has 5 atom stereocenters. The van der Waals surface area contributed by atoms with E-state index in [0.717, 1.165) is 6.42 Å². The van der Waals surface area contributed by atoms with Crippen LogP contribution >= 0.6 is 0 Å². The second kappa shape index (κ2) is 12.0. The van der Waals surface area contributed by atoms with Gasteiger partial charge in [-0.1, -0.05) is 0 Å². The summed E-state index contributed by atoms with van der Waals surface area (Å²) < 4.78 is 0. The number of carbonyl (C=O) groups is 5.